The number of hydrogen-bond acceptors (Lipinski definition) is 2. The summed E-state index contributed by atoms with van der Waals surface area (Å²) in [6.45, 7) is 1.97. The Balaban J connectivity index is 2.11. The molecule has 0 radical (unpaired) electrons. The molecule has 0 N–H and O–H groups in total. The third-order valence-electron chi connectivity index (χ3n) is 3.11. The summed E-state index contributed by atoms with van der Waals surface area (Å²) in [5.74, 6) is 0.0781. The van der Waals surface area contributed by atoms with Crippen molar-refractivity contribution in [3.8, 4) is 0 Å². The molecule has 1 aliphatic carbocycles. The van der Waals surface area contributed by atoms with Gasteiger partial charge in [0.05, 0.1) is 6.42 Å². The third-order valence-corrected chi connectivity index (χ3v) is 3.11. The number of fused-ring (bicyclic) bond motifs is 1. The van der Waals surface area contributed by atoms with Crippen molar-refractivity contribution in [2.75, 3.05) is 0 Å². The highest BCUT2D eigenvalue weighted by Crippen LogP contribution is 2.44. The highest BCUT2D eigenvalue weighted by Gasteiger charge is 2.49. The molecule has 2 aliphatic rings. The molecule has 0 aromatic rings. The Labute approximate surface area is 71.1 Å². The van der Waals surface area contributed by atoms with Gasteiger partial charge in [0.25, 0.3) is 0 Å². The van der Waals surface area contributed by atoms with Crippen molar-refractivity contribution in [3.63, 3.8) is 0 Å². The molecule has 0 aromatic heterocycles. The van der Waals surface area contributed by atoms with Crippen LogP contribution in [0.3, 0.4) is 0 Å². The molecule has 3 heteroatoms. The molecule has 1 saturated heterocycles. The first-order valence-electron chi connectivity index (χ1n) is 4.56. The van der Waals surface area contributed by atoms with Gasteiger partial charge in [0.15, 0.2) is 0 Å². The Bertz CT molecular complexity index is 205. The first-order valence-corrected chi connectivity index (χ1v) is 4.56. The number of hydrogen-bond donors (Lipinski definition) is 0. The quantitative estimate of drug-likeness (QED) is 0.562. The molecular formula is C9H13FO2. The molecule has 0 bridgehead atoms. The lowest BCUT2D eigenvalue weighted by Crippen LogP contribution is -2.16. The van der Waals surface area contributed by atoms with Gasteiger partial charge in [-0.05, 0) is 5.92 Å². The minimum absolute atomic E-state index is 0.0569. The number of carbonyl (C=O) groups is 1. The summed E-state index contributed by atoms with van der Waals surface area (Å²) >= 11 is 0. The molecule has 68 valence electrons. The zero-order valence-electron chi connectivity index (χ0n) is 7.13. The molecule has 2 rings (SSSR count). The average Bonchev–Trinajstić information content (AvgIpc) is 2.43. The minimum Gasteiger partial charge on any atom is -0.462 e. The molecule has 0 spiro atoms. The van der Waals surface area contributed by atoms with Crippen molar-refractivity contribution in [2.45, 2.75) is 38.5 Å². The zero-order chi connectivity index (χ0) is 8.72. The van der Waals surface area contributed by atoms with E-state index in [1.165, 1.54) is 0 Å². The van der Waals surface area contributed by atoms with Crippen molar-refractivity contribution in [2.24, 2.45) is 11.8 Å². The third kappa shape index (κ3) is 1.03. The van der Waals surface area contributed by atoms with Crippen LogP contribution in [0.25, 0.3) is 0 Å². The highest BCUT2D eigenvalue weighted by molar-refractivity contribution is 5.72. The number of carbonyl (C=O) groups excluding carboxylic acids is 1. The van der Waals surface area contributed by atoms with Gasteiger partial charge in [-0.2, -0.15) is 0 Å². The van der Waals surface area contributed by atoms with E-state index >= 15 is 0 Å². The van der Waals surface area contributed by atoms with Gasteiger partial charge in [0.1, 0.15) is 12.3 Å². The molecule has 0 amide bonds. The van der Waals surface area contributed by atoms with E-state index in [-0.39, 0.29) is 23.9 Å². The van der Waals surface area contributed by atoms with Gasteiger partial charge in [-0.25, -0.2) is 4.39 Å². The van der Waals surface area contributed by atoms with Crippen LogP contribution in [-0.2, 0) is 9.53 Å². The molecule has 2 fully saturated rings. The monoisotopic (exact) mass is 172 g/mol. The summed E-state index contributed by atoms with van der Waals surface area (Å²) in [4.78, 5) is 10.9. The van der Waals surface area contributed by atoms with Crippen LogP contribution in [0.4, 0.5) is 4.39 Å². The average molecular weight is 172 g/mol. The molecule has 1 heterocycles. The topological polar surface area (TPSA) is 26.3 Å². The second-order valence-corrected chi connectivity index (χ2v) is 3.72. The normalized spacial score (nSPS) is 46.0. The van der Waals surface area contributed by atoms with Crippen molar-refractivity contribution in [1.82, 2.24) is 0 Å². The van der Waals surface area contributed by atoms with Crippen LogP contribution in [0.15, 0.2) is 0 Å². The first kappa shape index (κ1) is 8.02. The molecule has 2 nitrogen and oxygen atoms in total. The smallest absolute Gasteiger partial charge is 0.306 e. The maximum atomic E-state index is 13.2. The molecule has 1 saturated carbocycles. The van der Waals surface area contributed by atoms with E-state index in [1.807, 2.05) is 6.92 Å². The second-order valence-electron chi connectivity index (χ2n) is 3.72. The van der Waals surface area contributed by atoms with Crippen LogP contribution in [0.5, 0.6) is 0 Å². The van der Waals surface area contributed by atoms with E-state index in [0.29, 0.717) is 12.8 Å². The predicted molar refractivity (Wildman–Crippen MR) is 41.3 cm³/mol. The van der Waals surface area contributed by atoms with Crippen LogP contribution in [-0.4, -0.2) is 18.2 Å². The van der Waals surface area contributed by atoms with Crippen LogP contribution in [0.2, 0.25) is 0 Å². The highest BCUT2D eigenvalue weighted by atomic mass is 19.1. The van der Waals surface area contributed by atoms with Crippen LogP contribution >= 0.6 is 0 Å². The SMILES string of the molecule is CC[C@@H]1[C@H]2CC(=O)O[C@H]2C[C@@H]1F. The molecule has 1 aliphatic heterocycles. The zero-order valence-corrected chi connectivity index (χ0v) is 7.13. The fourth-order valence-corrected chi connectivity index (χ4v) is 2.50. The van der Waals surface area contributed by atoms with Gasteiger partial charge < -0.3 is 4.74 Å². The molecule has 0 aromatic carbocycles. The minimum atomic E-state index is -0.752. The van der Waals surface area contributed by atoms with Gasteiger partial charge >= 0.3 is 5.97 Å². The number of rotatable bonds is 1. The number of halogens is 1. The lowest BCUT2D eigenvalue weighted by molar-refractivity contribution is -0.141. The van der Waals surface area contributed by atoms with Gasteiger partial charge in [0.2, 0.25) is 0 Å². The number of esters is 1. The van der Waals surface area contributed by atoms with E-state index in [2.05, 4.69) is 0 Å². The lowest BCUT2D eigenvalue weighted by Gasteiger charge is -2.14. The van der Waals surface area contributed by atoms with E-state index in [1.54, 1.807) is 0 Å². The maximum absolute atomic E-state index is 13.2. The first-order chi connectivity index (χ1) is 5.72. The standard InChI is InChI=1S/C9H13FO2/c1-2-5-6-3-9(11)12-8(6)4-7(5)10/h5-8H,2-4H2,1H3/t5-,6-,7+,8+/m1/s1. The summed E-state index contributed by atoms with van der Waals surface area (Å²) < 4.78 is 18.3. The van der Waals surface area contributed by atoms with E-state index < -0.39 is 6.17 Å². The number of alkyl halides is 1. The Morgan fingerprint density at radius 3 is 3.08 bits per heavy atom. The summed E-state index contributed by atoms with van der Waals surface area (Å²) in [5, 5.41) is 0. The van der Waals surface area contributed by atoms with Gasteiger partial charge in [0, 0.05) is 12.3 Å². The fraction of sp³-hybridized carbons (Fsp3) is 0.889. The summed E-state index contributed by atoms with van der Waals surface area (Å²) in [5.41, 5.74) is 0. The predicted octanol–water partition coefficient (Wildman–Crippen LogP) is 1.69. The van der Waals surface area contributed by atoms with Gasteiger partial charge in [-0.3, -0.25) is 4.79 Å². The Morgan fingerprint density at radius 2 is 2.42 bits per heavy atom. The second kappa shape index (κ2) is 2.71. The Morgan fingerprint density at radius 1 is 1.67 bits per heavy atom. The Kier molecular flexibility index (Phi) is 1.81. The van der Waals surface area contributed by atoms with Crippen molar-refractivity contribution in [1.29, 1.82) is 0 Å². The van der Waals surface area contributed by atoms with Crippen molar-refractivity contribution in [3.05, 3.63) is 0 Å². The van der Waals surface area contributed by atoms with Gasteiger partial charge in [-0.1, -0.05) is 13.3 Å². The molecular weight excluding hydrogens is 159 g/mol. The number of ether oxygens (including phenoxy) is 1. The summed E-state index contributed by atoms with van der Waals surface area (Å²) in [7, 11) is 0. The van der Waals surface area contributed by atoms with E-state index in [9.17, 15) is 9.18 Å². The molecule has 12 heavy (non-hydrogen) atoms. The molecule has 0 unspecified atom stereocenters. The largest absolute Gasteiger partial charge is 0.462 e. The fourth-order valence-electron chi connectivity index (χ4n) is 2.50. The van der Waals surface area contributed by atoms with Crippen LogP contribution in [0.1, 0.15) is 26.2 Å². The molecule has 4 atom stereocenters. The maximum Gasteiger partial charge on any atom is 0.306 e. The van der Waals surface area contributed by atoms with Crippen LogP contribution in [0, 0.1) is 11.8 Å². The summed E-state index contributed by atoms with van der Waals surface area (Å²) in [6, 6.07) is 0. The van der Waals surface area contributed by atoms with E-state index in [0.717, 1.165) is 6.42 Å². The summed E-state index contributed by atoms with van der Waals surface area (Å²) in [6.07, 6.45) is 0.813. The van der Waals surface area contributed by atoms with Crippen molar-refractivity contribution >= 4 is 5.97 Å². The van der Waals surface area contributed by atoms with E-state index in [4.69, 9.17) is 4.74 Å². The van der Waals surface area contributed by atoms with Gasteiger partial charge in [-0.15, -0.1) is 0 Å². The lowest BCUT2D eigenvalue weighted by atomic mass is 9.91. The Hall–Kier alpha value is -0.600. The van der Waals surface area contributed by atoms with Crippen molar-refractivity contribution < 1.29 is 13.9 Å². The van der Waals surface area contributed by atoms with Crippen LogP contribution < -0.4 is 0 Å².